The van der Waals surface area contributed by atoms with Gasteiger partial charge in [-0.1, -0.05) is 18.2 Å². The molecule has 5 N–H and O–H groups in total. The Balaban J connectivity index is 1.87. The molecule has 3 heterocycles. The van der Waals surface area contributed by atoms with Gasteiger partial charge in [0.2, 0.25) is 26.0 Å². The number of sulfonamides is 2. The molecule has 35 heavy (non-hydrogen) atoms. The maximum Gasteiger partial charge on any atom is 0.244 e. The maximum absolute atomic E-state index is 13.6. The smallest absolute Gasteiger partial charge is 0.244 e. The van der Waals surface area contributed by atoms with Crippen molar-refractivity contribution in [2.45, 2.75) is 9.79 Å². The fourth-order valence-corrected chi connectivity index (χ4v) is 7.34. The first-order valence-corrected chi connectivity index (χ1v) is 13.6. The molecule has 0 amide bonds. The molecule has 0 spiro atoms. The lowest BCUT2D eigenvalue weighted by Gasteiger charge is -2.28. The van der Waals surface area contributed by atoms with Crippen molar-refractivity contribution >= 4 is 42.9 Å². The van der Waals surface area contributed by atoms with Crippen molar-refractivity contribution in [1.29, 1.82) is 0 Å². The minimum Gasteiger partial charge on any atom is -0.369 e. The Hall–Kier alpha value is -3.24. The Kier molecular flexibility index (Phi) is 5.68. The van der Waals surface area contributed by atoms with Gasteiger partial charge < -0.3 is 15.6 Å². The summed E-state index contributed by atoms with van der Waals surface area (Å²) in [5.41, 5.74) is 8.04. The molecule has 15 heteroatoms. The monoisotopic (exact) mass is 517 g/mol. The minimum absolute atomic E-state index is 0.0195. The molecule has 1 fully saturated rings. The van der Waals surface area contributed by atoms with Crippen molar-refractivity contribution in [2.24, 2.45) is 27.4 Å². The molecular weight excluding hydrogens is 494 g/mol. The number of azo groups is 1. The summed E-state index contributed by atoms with van der Waals surface area (Å²) in [4.78, 5) is 7.62. The van der Waals surface area contributed by atoms with Crippen LogP contribution in [0.3, 0.4) is 0 Å². The summed E-state index contributed by atoms with van der Waals surface area (Å²) in [6, 6.07) is 8.10. The largest absolute Gasteiger partial charge is 0.369 e. The van der Waals surface area contributed by atoms with Gasteiger partial charge in [0.15, 0.2) is 12.5 Å². The van der Waals surface area contributed by atoms with Crippen LogP contribution in [0.2, 0.25) is 0 Å². The van der Waals surface area contributed by atoms with Gasteiger partial charge in [0.05, 0.1) is 16.6 Å². The highest BCUT2D eigenvalue weighted by Gasteiger charge is 2.36. The summed E-state index contributed by atoms with van der Waals surface area (Å²) >= 11 is 0. The first kappa shape index (κ1) is 23.5. The summed E-state index contributed by atoms with van der Waals surface area (Å²) in [5, 5.41) is 16.6. The van der Waals surface area contributed by atoms with Crippen LogP contribution in [0.25, 0.3) is 22.2 Å². The van der Waals surface area contributed by atoms with Crippen LogP contribution in [0.4, 0.5) is 5.95 Å². The van der Waals surface area contributed by atoms with Crippen LogP contribution in [0.5, 0.6) is 0 Å². The molecule has 0 atom stereocenters. The van der Waals surface area contributed by atoms with Gasteiger partial charge in [-0.05, 0) is 17.7 Å². The number of aliphatic imine (C=N–C) groups is 1. The minimum atomic E-state index is -4.56. The van der Waals surface area contributed by atoms with Crippen LogP contribution < -0.4 is 16.2 Å². The summed E-state index contributed by atoms with van der Waals surface area (Å²) in [5.74, 6) is 0.235. The number of fused-ring (bicyclic) bond motifs is 1. The van der Waals surface area contributed by atoms with E-state index in [0.717, 1.165) is 0 Å². The fraction of sp³-hybridized carbons (Fsp3) is 0.300. The lowest BCUT2D eigenvalue weighted by atomic mass is 9.97. The molecule has 3 aromatic rings. The number of hydrogen-bond acceptors (Lipinski definition) is 10. The normalized spacial score (nSPS) is 17.3. The molecule has 2 aromatic carbocycles. The van der Waals surface area contributed by atoms with Gasteiger partial charge >= 0.3 is 0 Å². The molecule has 1 aromatic heterocycles. The number of nitrogen functional groups attached to an aromatic ring is 1. The topological polar surface area (TPSA) is 190 Å². The van der Waals surface area contributed by atoms with Crippen molar-refractivity contribution in [1.82, 2.24) is 19.2 Å². The Bertz CT molecular complexity index is 1620. The third-order valence-electron chi connectivity index (χ3n) is 6.01. The number of anilines is 1. The number of piperazine rings is 1. The van der Waals surface area contributed by atoms with Crippen LogP contribution >= 0.6 is 0 Å². The van der Waals surface area contributed by atoms with Crippen LogP contribution in [0.1, 0.15) is 5.56 Å². The Morgan fingerprint density at radius 1 is 1.03 bits per heavy atom. The van der Waals surface area contributed by atoms with Crippen LogP contribution in [0.15, 0.2) is 55.3 Å². The third kappa shape index (κ3) is 3.90. The van der Waals surface area contributed by atoms with Gasteiger partial charge in [-0.25, -0.2) is 32.0 Å². The Labute approximate surface area is 201 Å². The van der Waals surface area contributed by atoms with Gasteiger partial charge in [0.1, 0.15) is 9.79 Å². The SMILES string of the molecule is Cn1c(N)nc2c(-c3ccc(S(=O)(=O)N4CCNCC4)c(S(N)(=O)=O)c3C3=NCN=N3)cccc21. The summed E-state index contributed by atoms with van der Waals surface area (Å²) in [6.45, 7) is 1.25. The van der Waals surface area contributed by atoms with E-state index in [1.165, 1.54) is 16.4 Å². The van der Waals surface area contributed by atoms with Crippen molar-refractivity contribution < 1.29 is 16.8 Å². The predicted molar refractivity (Wildman–Crippen MR) is 130 cm³/mol. The average Bonchev–Trinajstić information content (AvgIpc) is 3.47. The number of rotatable bonds is 5. The highest BCUT2D eigenvalue weighted by Crippen LogP contribution is 2.38. The zero-order valence-corrected chi connectivity index (χ0v) is 20.3. The highest BCUT2D eigenvalue weighted by molar-refractivity contribution is 7.92. The molecule has 184 valence electrons. The molecule has 2 aliphatic heterocycles. The lowest BCUT2D eigenvalue weighted by molar-refractivity contribution is 0.359. The van der Waals surface area contributed by atoms with Gasteiger partial charge in [-0.15, -0.1) is 5.11 Å². The van der Waals surface area contributed by atoms with Gasteiger partial charge in [0, 0.05) is 38.8 Å². The molecule has 1 saturated heterocycles. The van der Waals surface area contributed by atoms with Gasteiger partial charge in [0.25, 0.3) is 0 Å². The van der Waals surface area contributed by atoms with E-state index >= 15 is 0 Å². The number of primary sulfonamides is 1. The number of nitrogens with one attached hydrogen (secondary N) is 1. The lowest BCUT2D eigenvalue weighted by Crippen LogP contribution is -2.46. The van der Waals surface area contributed by atoms with E-state index in [4.69, 9.17) is 10.9 Å². The second-order valence-corrected chi connectivity index (χ2v) is 11.5. The zero-order valence-electron chi connectivity index (χ0n) is 18.7. The number of hydrogen-bond donors (Lipinski definition) is 3. The number of nitrogens with two attached hydrogens (primary N) is 2. The second-order valence-electron chi connectivity index (χ2n) is 8.08. The van der Waals surface area contributed by atoms with E-state index in [2.05, 4.69) is 25.5 Å². The van der Waals surface area contributed by atoms with E-state index in [0.29, 0.717) is 35.2 Å². The Morgan fingerprint density at radius 2 is 1.77 bits per heavy atom. The molecule has 0 aliphatic carbocycles. The maximum atomic E-state index is 13.6. The number of aromatic nitrogens is 2. The number of amidine groups is 1. The van der Waals surface area contributed by atoms with E-state index in [1.807, 2.05) is 6.07 Å². The molecule has 13 nitrogen and oxygen atoms in total. The molecule has 0 bridgehead atoms. The van der Waals surface area contributed by atoms with E-state index in [-0.39, 0.29) is 37.1 Å². The van der Waals surface area contributed by atoms with Gasteiger partial charge in [-0.2, -0.15) is 9.42 Å². The summed E-state index contributed by atoms with van der Waals surface area (Å²) < 4.78 is 56.0. The first-order valence-electron chi connectivity index (χ1n) is 10.6. The number of aryl methyl sites for hydroxylation is 1. The van der Waals surface area contributed by atoms with Crippen molar-refractivity contribution in [2.75, 3.05) is 38.6 Å². The Morgan fingerprint density at radius 3 is 2.43 bits per heavy atom. The predicted octanol–water partition coefficient (Wildman–Crippen LogP) is 0.234. The molecule has 0 radical (unpaired) electrons. The number of para-hydroxylation sites is 1. The summed E-state index contributed by atoms with van der Waals surface area (Å²) in [6.07, 6.45) is 0. The highest BCUT2D eigenvalue weighted by atomic mass is 32.2. The van der Waals surface area contributed by atoms with Crippen LogP contribution in [0, 0.1) is 0 Å². The van der Waals surface area contributed by atoms with Crippen molar-refractivity contribution in [3.8, 4) is 11.1 Å². The van der Waals surface area contributed by atoms with E-state index < -0.39 is 29.8 Å². The standard InChI is InChI=1S/C20H23N9O4S2/c1-28-14-4-2-3-13(17(14)26-20(28)21)12-5-6-15(35(32,33)29-9-7-23-8-10-29)18(34(22,30)31)16(12)19-24-11-25-27-19/h2-6,23H,7-11H2,1H3,(H2,21,26)(H2,22,30,31). The summed E-state index contributed by atoms with van der Waals surface area (Å²) in [7, 11) is -7.02. The average molecular weight is 518 g/mol. The van der Waals surface area contributed by atoms with E-state index in [9.17, 15) is 16.8 Å². The quantitative estimate of drug-likeness (QED) is 0.431. The number of benzene rings is 2. The zero-order chi connectivity index (χ0) is 25.0. The fourth-order valence-electron chi connectivity index (χ4n) is 4.33. The van der Waals surface area contributed by atoms with E-state index in [1.54, 1.807) is 23.7 Å². The van der Waals surface area contributed by atoms with Crippen molar-refractivity contribution in [3.63, 3.8) is 0 Å². The molecule has 0 unspecified atom stereocenters. The number of imidazole rings is 1. The number of nitrogens with zero attached hydrogens (tertiary/aromatic N) is 6. The molecule has 5 rings (SSSR count). The van der Waals surface area contributed by atoms with Gasteiger partial charge in [-0.3, -0.25) is 0 Å². The molecule has 2 aliphatic rings. The van der Waals surface area contributed by atoms with Crippen LogP contribution in [-0.2, 0) is 27.1 Å². The van der Waals surface area contributed by atoms with Crippen molar-refractivity contribution in [3.05, 3.63) is 35.9 Å². The van der Waals surface area contributed by atoms with Crippen LogP contribution in [-0.4, -0.2) is 69.4 Å². The second kappa shape index (κ2) is 8.46. The third-order valence-corrected chi connectivity index (χ3v) is 9.07. The first-order chi connectivity index (χ1) is 16.6. The molecular formula is C20H23N9O4S2. The molecule has 0 saturated carbocycles.